The zero-order chi connectivity index (χ0) is 19.4. The van der Waals surface area contributed by atoms with Crippen LogP contribution in [-0.2, 0) is 11.3 Å². The minimum Gasteiger partial charge on any atom is -0.325 e. The van der Waals surface area contributed by atoms with Gasteiger partial charge in [-0.1, -0.05) is 41.6 Å². The summed E-state index contributed by atoms with van der Waals surface area (Å²) in [7, 11) is 0. The van der Waals surface area contributed by atoms with Crippen molar-refractivity contribution in [2.24, 2.45) is 0 Å². The highest BCUT2D eigenvalue weighted by atomic mass is 32.2. The lowest BCUT2D eigenvalue weighted by Gasteiger charge is -2.08. The van der Waals surface area contributed by atoms with Gasteiger partial charge in [0.2, 0.25) is 5.91 Å². The van der Waals surface area contributed by atoms with Gasteiger partial charge in [0.25, 0.3) is 0 Å². The van der Waals surface area contributed by atoms with Gasteiger partial charge in [-0.15, -0.1) is 10.2 Å². The third-order valence-electron chi connectivity index (χ3n) is 4.10. The van der Waals surface area contributed by atoms with E-state index in [0.717, 1.165) is 17.0 Å². The first-order valence-electron chi connectivity index (χ1n) is 8.67. The van der Waals surface area contributed by atoms with E-state index < -0.39 is 0 Å². The van der Waals surface area contributed by atoms with Crippen molar-refractivity contribution in [2.45, 2.75) is 32.5 Å². The first-order valence-corrected chi connectivity index (χ1v) is 9.65. The van der Waals surface area contributed by atoms with E-state index in [0.29, 0.717) is 23.0 Å². The van der Waals surface area contributed by atoms with Gasteiger partial charge < -0.3 is 9.88 Å². The molecule has 3 rings (SSSR count). The number of hydrogen-bond acceptors (Lipinski definition) is 4. The number of amides is 1. The highest BCUT2D eigenvalue weighted by molar-refractivity contribution is 7.99. The Hall–Kier alpha value is -2.67. The zero-order valence-corrected chi connectivity index (χ0v) is 16.3. The average Bonchev–Trinajstić information content (AvgIpc) is 3.06. The molecule has 1 heterocycles. The fourth-order valence-electron chi connectivity index (χ4n) is 2.68. The number of aromatic nitrogens is 3. The fourth-order valence-corrected chi connectivity index (χ4v) is 3.48. The van der Waals surface area contributed by atoms with Gasteiger partial charge in [0, 0.05) is 17.8 Å². The summed E-state index contributed by atoms with van der Waals surface area (Å²) in [5, 5.41) is 11.9. The van der Waals surface area contributed by atoms with E-state index in [9.17, 15) is 9.18 Å². The molecule has 1 N–H and O–H groups in total. The Morgan fingerprint density at radius 2 is 2.00 bits per heavy atom. The number of hydrogen-bond donors (Lipinski definition) is 1. The van der Waals surface area contributed by atoms with E-state index in [1.165, 1.54) is 17.8 Å². The maximum atomic E-state index is 13.6. The molecule has 3 aromatic rings. The Labute approximate surface area is 162 Å². The second-order valence-corrected chi connectivity index (χ2v) is 7.16. The van der Waals surface area contributed by atoms with Gasteiger partial charge in [0.15, 0.2) is 11.0 Å². The second-order valence-electron chi connectivity index (χ2n) is 6.22. The number of thioether (sulfide) groups is 1. The molecule has 0 aliphatic heterocycles. The molecular weight excluding hydrogens is 363 g/mol. The minimum atomic E-state index is -0.339. The number of anilines is 1. The molecule has 7 heteroatoms. The lowest BCUT2D eigenvalue weighted by atomic mass is 10.1. The van der Waals surface area contributed by atoms with E-state index in [-0.39, 0.29) is 17.5 Å². The predicted octanol–water partition coefficient (Wildman–Crippen LogP) is 4.45. The number of halogens is 1. The molecule has 0 aliphatic rings. The molecule has 0 saturated heterocycles. The summed E-state index contributed by atoms with van der Waals surface area (Å²) in [5.74, 6) is 0.395. The van der Waals surface area contributed by atoms with Gasteiger partial charge in [0.1, 0.15) is 5.82 Å². The molecule has 0 saturated carbocycles. The highest BCUT2D eigenvalue weighted by Gasteiger charge is 2.15. The number of rotatable bonds is 6. The lowest BCUT2D eigenvalue weighted by molar-refractivity contribution is -0.113. The van der Waals surface area contributed by atoms with Crippen LogP contribution in [0, 0.1) is 19.7 Å². The van der Waals surface area contributed by atoms with Crippen molar-refractivity contribution in [3.63, 3.8) is 0 Å². The van der Waals surface area contributed by atoms with E-state index >= 15 is 0 Å². The molecule has 0 spiro atoms. The van der Waals surface area contributed by atoms with Crippen LogP contribution in [0.25, 0.3) is 11.4 Å². The third-order valence-corrected chi connectivity index (χ3v) is 5.06. The van der Waals surface area contributed by atoms with Gasteiger partial charge in [-0.3, -0.25) is 4.79 Å². The first-order chi connectivity index (χ1) is 13.0. The summed E-state index contributed by atoms with van der Waals surface area (Å²) in [4.78, 5) is 12.2. The molecule has 0 aliphatic carbocycles. The van der Waals surface area contributed by atoms with E-state index in [4.69, 9.17) is 0 Å². The number of nitrogens with one attached hydrogen (secondary N) is 1. The van der Waals surface area contributed by atoms with E-state index in [1.807, 2.05) is 36.6 Å². The minimum absolute atomic E-state index is 0.168. The standard InChI is InChI=1S/C20H21FN4OS/c1-4-25-19(15-7-5-6-13(2)10-15)23-24-20(25)27-12-18(26)22-16-9-8-14(3)17(21)11-16/h5-11H,4,12H2,1-3H3,(H,22,26). The zero-order valence-electron chi connectivity index (χ0n) is 15.5. The largest absolute Gasteiger partial charge is 0.325 e. The molecule has 0 unspecified atom stereocenters. The topological polar surface area (TPSA) is 59.8 Å². The van der Waals surface area contributed by atoms with Crippen LogP contribution < -0.4 is 5.32 Å². The molecule has 0 fully saturated rings. The third kappa shape index (κ3) is 4.54. The molecule has 1 aromatic heterocycles. The number of benzene rings is 2. The molecule has 2 aromatic carbocycles. The molecule has 0 atom stereocenters. The van der Waals surface area contributed by atoms with Gasteiger partial charge in [-0.05, 0) is 44.5 Å². The Morgan fingerprint density at radius 1 is 1.19 bits per heavy atom. The maximum Gasteiger partial charge on any atom is 0.234 e. The Bertz CT molecular complexity index is 970. The van der Waals surface area contributed by atoms with Crippen LogP contribution in [0.15, 0.2) is 47.6 Å². The van der Waals surface area contributed by atoms with Crippen LogP contribution in [0.3, 0.4) is 0 Å². The summed E-state index contributed by atoms with van der Waals surface area (Å²) in [5.41, 5.74) is 3.14. The molecular formula is C20H21FN4OS. The summed E-state index contributed by atoms with van der Waals surface area (Å²) < 4.78 is 15.6. The second kappa shape index (κ2) is 8.35. The summed E-state index contributed by atoms with van der Waals surface area (Å²) in [6.45, 7) is 6.43. The predicted molar refractivity (Wildman–Crippen MR) is 106 cm³/mol. The molecule has 140 valence electrons. The number of aryl methyl sites for hydroxylation is 2. The molecule has 0 bridgehead atoms. The number of carbonyl (C=O) groups is 1. The molecule has 0 radical (unpaired) electrons. The fraction of sp³-hybridized carbons (Fsp3) is 0.250. The van der Waals surface area contributed by atoms with Gasteiger partial charge in [-0.25, -0.2) is 4.39 Å². The van der Waals surface area contributed by atoms with Crippen molar-refractivity contribution < 1.29 is 9.18 Å². The quantitative estimate of drug-likeness (QED) is 0.638. The molecule has 1 amide bonds. The van der Waals surface area contributed by atoms with Crippen LogP contribution >= 0.6 is 11.8 Å². The van der Waals surface area contributed by atoms with Crippen LogP contribution in [0.4, 0.5) is 10.1 Å². The summed E-state index contributed by atoms with van der Waals surface area (Å²) in [6, 6.07) is 12.7. The average molecular weight is 384 g/mol. The van der Waals surface area contributed by atoms with Gasteiger partial charge in [-0.2, -0.15) is 0 Å². The summed E-state index contributed by atoms with van der Waals surface area (Å²) >= 11 is 1.31. The van der Waals surface area contributed by atoms with E-state index in [1.54, 1.807) is 19.1 Å². The van der Waals surface area contributed by atoms with Crippen molar-refractivity contribution in [2.75, 3.05) is 11.1 Å². The molecule has 27 heavy (non-hydrogen) atoms. The van der Waals surface area contributed by atoms with Crippen molar-refractivity contribution in [3.05, 3.63) is 59.4 Å². The van der Waals surface area contributed by atoms with Crippen LogP contribution in [0.1, 0.15) is 18.1 Å². The Kier molecular flexibility index (Phi) is 5.91. The molecule has 5 nitrogen and oxygen atoms in total. The van der Waals surface area contributed by atoms with Crippen molar-refractivity contribution in [1.82, 2.24) is 14.8 Å². The highest BCUT2D eigenvalue weighted by Crippen LogP contribution is 2.24. The monoisotopic (exact) mass is 384 g/mol. The Balaban J connectivity index is 1.69. The normalized spacial score (nSPS) is 10.8. The van der Waals surface area contributed by atoms with Gasteiger partial charge >= 0.3 is 0 Å². The smallest absolute Gasteiger partial charge is 0.234 e. The van der Waals surface area contributed by atoms with E-state index in [2.05, 4.69) is 21.6 Å². The van der Waals surface area contributed by atoms with Crippen LogP contribution in [0.5, 0.6) is 0 Å². The SMILES string of the molecule is CCn1c(SCC(=O)Nc2ccc(C)c(F)c2)nnc1-c1cccc(C)c1. The van der Waals surface area contributed by atoms with Crippen LogP contribution in [-0.4, -0.2) is 26.4 Å². The number of nitrogens with zero attached hydrogens (tertiary/aromatic N) is 3. The lowest BCUT2D eigenvalue weighted by Crippen LogP contribution is -2.15. The maximum absolute atomic E-state index is 13.6. The van der Waals surface area contributed by atoms with Crippen molar-refractivity contribution >= 4 is 23.4 Å². The van der Waals surface area contributed by atoms with Gasteiger partial charge in [0.05, 0.1) is 5.75 Å². The van der Waals surface area contributed by atoms with Crippen LogP contribution in [0.2, 0.25) is 0 Å². The first kappa shape index (κ1) is 19.1. The Morgan fingerprint density at radius 3 is 2.70 bits per heavy atom. The van der Waals surface area contributed by atoms with Crippen molar-refractivity contribution in [3.8, 4) is 11.4 Å². The summed E-state index contributed by atoms with van der Waals surface area (Å²) in [6.07, 6.45) is 0. The number of carbonyl (C=O) groups excluding carboxylic acids is 1. The van der Waals surface area contributed by atoms with Crippen molar-refractivity contribution in [1.29, 1.82) is 0 Å².